The van der Waals surface area contributed by atoms with E-state index in [1.165, 1.54) is 18.2 Å². The number of benzene rings is 1. The van der Waals surface area contributed by atoms with Crippen LogP contribution in [-0.4, -0.2) is 18.4 Å². The minimum absolute atomic E-state index is 0.236. The highest BCUT2D eigenvalue weighted by atomic mass is 16.2. The van der Waals surface area contributed by atoms with Crippen molar-refractivity contribution in [2.45, 2.75) is 13.8 Å². The summed E-state index contributed by atoms with van der Waals surface area (Å²) in [5.74, 6) is -0.501. The van der Waals surface area contributed by atoms with E-state index >= 15 is 0 Å². The number of carbonyl (C=O) groups is 2. The van der Waals surface area contributed by atoms with Crippen LogP contribution in [0.5, 0.6) is 0 Å². The molecule has 5 heteroatoms. The Morgan fingerprint density at radius 1 is 1.24 bits per heavy atom. The van der Waals surface area contributed by atoms with Gasteiger partial charge in [0.2, 0.25) is 5.91 Å². The number of primary amides is 1. The minimum Gasteiger partial charge on any atom is -0.399 e. The van der Waals surface area contributed by atoms with Gasteiger partial charge in [0.05, 0.1) is 0 Å². The lowest BCUT2D eigenvalue weighted by Gasteiger charge is -2.09. The van der Waals surface area contributed by atoms with Crippen LogP contribution in [0.3, 0.4) is 0 Å². The fourth-order valence-electron chi connectivity index (χ4n) is 1.32. The Kier molecular flexibility index (Phi) is 4.09. The largest absolute Gasteiger partial charge is 0.399 e. The average molecular weight is 235 g/mol. The summed E-state index contributed by atoms with van der Waals surface area (Å²) in [5, 5.41) is 2.75. The molecule has 92 valence electrons. The molecule has 0 fully saturated rings. The number of nitrogens with one attached hydrogen (secondary N) is 1. The topological polar surface area (TPSA) is 98.2 Å². The molecule has 2 amide bonds. The molecule has 1 aromatic carbocycles. The van der Waals surface area contributed by atoms with Gasteiger partial charge in [-0.3, -0.25) is 9.59 Å². The monoisotopic (exact) mass is 235 g/mol. The summed E-state index contributed by atoms with van der Waals surface area (Å²) in [4.78, 5) is 22.8. The number of rotatable bonds is 4. The zero-order valence-electron chi connectivity index (χ0n) is 9.99. The van der Waals surface area contributed by atoms with Gasteiger partial charge >= 0.3 is 0 Å². The number of hydrogen-bond donors (Lipinski definition) is 3. The van der Waals surface area contributed by atoms with Gasteiger partial charge in [0, 0.05) is 23.4 Å². The van der Waals surface area contributed by atoms with Gasteiger partial charge in [-0.2, -0.15) is 0 Å². The van der Waals surface area contributed by atoms with Crippen molar-refractivity contribution in [2.75, 3.05) is 12.3 Å². The van der Waals surface area contributed by atoms with Gasteiger partial charge in [-0.25, -0.2) is 0 Å². The summed E-state index contributed by atoms with van der Waals surface area (Å²) in [5.41, 5.74) is 11.7. The van der Waals surface area contributed by atoms with Crippen LogP contribution < -0.4 is 16.8 Å². The number of carbonyl (C=O) groups excluding carboxylic acids is 2. The second kappa shape index (κ2) is 5.34. The predicted molar refractivity (Wildman–Crippen MR) is 66.5 cm³/mol. The predicted octanol–water partition coefficient (Wildman–Crippen LogP) is 0.754. The van der Waals surface area contributed by atoms with E-state index < -0.39 is 5.91 Å². The van der Waals surface area contributed by atoms with Crippen molar-refractivity contribution in [3.8, 4) is 0 Å². The van der Waals surface area contributed by atoms with Gasteiger partial charge < -0.3 is 16.8 Å². The molecule has 0 radical (unpaired) electrons. The number of nitrogens with two attached hydrogens (primary N) is 2. The third-order valence-corrected chi connectivity index (χ3v) is 2.17. The molecule has 17 heavy (non-hydrogen) atoms. The van der Waals surface area contributed by atoms with Crippen molar-refractivity contribution in [2.24, 2.45) is 11.7 Å². The van der Waals surface area contributed by atoms with E-state index in [2.05, 4.69) is 5.32 Å². The Hall–Kier alpha value is -2.04. The van der Waals surface area contributed by atoms with Gasteiger partial charge in [-0.15, -0.1) is 0 Å². The Labute approximate surface area is 100 Å². The van der Waals surface area contributed by atoms with E-state index in [-0.39, 0.29) is 11.5 Å². The van der Waals surface area contributed by atoms with Crippen LogP contribution >= 0.6 is 0 Å². The van der Waals surface area contributed by atoms with Crippen molar-refractivity contribution in [1.29, 1.82) is 0 Å². The molecule has 0 saturated carbocycles. The summed E-state index contributed by atoms with van der Waals surface area (Å²) < 4.78 is 0. The second-order valence-electron chi connectivity index (χ2n) is 4.31. The normalized spacial score (nSPS) is 10.3. The van der Waals surface area contributed by atoms with Crippen molar-refractivity contribution in [3.63, 3.8) is 0 Å². The van der Waals surface area contributed by atoms with E-state index in [9.17, 15) is 9.59 Å². The van der Waals surface area contributed by atoms with Gasteiger partial charge in [0.25, 0.3) is 5.91 Å². The number of anilines is 1. The van der Waals surface area contributed by atoms with E-state index in [1.54, 1.807) is 0 Å². The van der Waals surface area contributed by atoms with Crippen molar-refractivity contribution < 1.29 is 9.59 Å². The first-order chi connectivity index (χ1) is 7.90. The van der Waals surface area contributed by atoms with Crippen LogP contribution in [0.2, 0.25) is 0 Å². The summed E-state index contributed by atoms with van der Waals surface area (Å²) in [6, 6.07) is 4.40. The highest BCUT2D eigenvalue weighted by Gasteiger charge is 2.10. The molecule has 0 aromatic heterocycles. The summed E-state index contributed by atoms with van der Waals surface area (Å²) in [7, 11) is 0. The highest BCUT2D eigenvalue weighted by Crippen LogP contribution is 2.11. The molecule has 5 nitrogen and oxygen atoms in total. The van der Waals surface area contributed by atoms with Crippen molar-refractivity contribution in [1.82, 2.24) is 5.32 Å². The first-order valence-corrected chi connectivity index (χ1v) is 5.38. The maximum atomic E-state index is 11.8. The van der Waals surface area contributed by atoms with Crippen LogP contribution in [0.4, 0.5) is 5.69 Å². The second-order valence-corrected chi connectivity index (χ2v) is 4.31. The number of amides is 2. The van der Waals surface area contributed by atoms with E-state index in [1.807, 2.05) is 13.8 Å². The number of hydrogen-bond acceptors (Lipinski definition) is 3. The van der Waals surface area contributed by atoms with Crippen LogP contribution in [0.15, 0.2) is 18.2 Å². The van der Waals surface area contributed by atoms with Crippen molar-refractivity contribution in [3.05, 3.63) is 29.3 Å². The maximum absolute atomic E-state index is 11.8. The van der Waals surface area contributed by atoms with Gasteiger partial charge in [0.15, 0.2) is 0 Å². The zero-order chi connectivity index (χ0) is 13.0. The van der Waals surface area contributed by atoms with Crippen LogP contribution in [0.25, 0.3) is 0 Å². The molecular weight excluding hydrogens is 218 g/mol. The first-order valence-electron chi connectivity index (χ1n) is 5.38. The Morgan fingerprint density at radius 2 is 1.82 bits per heavy atom. The van der Waals surface area contributed by atoms with Crippen LogP contribution in [0, 0.1) is 5.92 Å². The smallest absolute Gasteiger partial charge is 0.251 e. The Morgan fingerprint density at radius 3 is 2.35 bits per heavy atom. The standard InChI is InChI=1S/C12H17N3O2/c1-7(2)6-15-12(17)9-3-8(11(14)16)4-10(13)5-9/h3-5,7H,6,13H2,1-2H3,(H2,14,16)(H,15,17). The summed E-state index contributed by atoms with van der Waals surface area (Å²) in [6.45, 7) is 4.56. The third-order valence-electron chi connectivity index (χ3n) is 2.17. The summed E-state index contributed by atoms with van der Waals surface area (Å²) in [6.07, 6.45) is 0. The first kappa shape index (κ1) is 13.0. The van der Waals surface area contributed by atoms with Crippen LogP contribution in [-0.2, 0) is 0 Å². The highest BCUT2D eigenvalue weighted by molar-refractivity contribution is 6.00. The van der Waals surface area contributed by atoms with E-state index in [0.29, 0.717) is 23.7 Å². The lowest BCUT2D eigenvalue weighted by molar-refractivity contribution is 0.0949. The van der Waals surface area contributed by atoms with Gasteiger partial charge in [-0.05, 0) is 24.1 Å². The fraction of sp³-hybridized carbons (Fsp3) is 0.333. The van der Waals surface area contributed by atoms with E-state index in [4.69, 9.17) is 11.5 Å². The zero-order valence-corrected chi connectivity index (χ0v) is 9.99. The Balaban J connectivity index is 2.90. The molecule has 0 heterocycles. The molecular formula is C12H17N3O2. The van der Waals surface area contributed by atoms with Crippen LogP contribution in [0.1, 0.15) is 34.6 Å². The Bertz CT molecular complexity index is 441. The molecule has 1 aromatic rings. The molecule has 0 spiro atoms. The lowest BCUT2D eigenvalue weighted by Crippen LogP contribution is -2.27. The molecule has 0 atom stereocenters. The van der Waals surface area contributed by atoms with E-state index in [0.717, 1.165) is 0 Å². The summed E-state index contributed by atoms with van der Waals surface area (Å²) >= 11 is 0. The van der Waals surface area contributed by atoms with Crippen molar-refractivity contribution >= 4 is 17.5 Å². The molecule has 0 bridgehead atoms. The molecule has 0 aliphatic rings. The van der Waals surface area contributed by atoms with Gasteiger partial charge in [0.1, 0.15) is 0 Å². The SMILES string of the molecule is CC(C)CNC(=O)c1cc(N)cc(C(N)=O)c1. The fourth-order valence-corrected chi connectivity index (χ4v) is 1.32. The molecule has 0 aliphatic carbocycles. The third kappa shape index (κ3) is 3.79. The minimum atomic E-state index is -0.602. The number of nitrogen functional groups attached to an aromatic ring is 1. The quantitative estimate of drug-likeness (QED) is 0.672. The molecule has 0 unspecified atom stereocenters. The average Bonchev–Trinajstić information content (AvgIpc) is 2.24. The molecule has 0 saturated heterocycles. The molecule has 0 aliphatic heterocycles. The molecule has 1 rings (SSSR count). The molecule has 5 N–H and O–H groups in total. The van der Waals surface area contributed by atoms with Gasteiger partial charge in [-0.1, -0.05) is 13.8 Å². The lowest BCUT2D eigenvalue weighted by atomic mass is 10.1. The maximum Gasteiger partial charge on any atom is 0.251 e.